The fourth-order valence-corrected chi connectivity index (χ4v) is 3.30. The van der Waals surface area contributed by atoms with Crippen molar-refractivity contribution in [1.82, 2.24) is 10.6 Å². The van der Waals surface area contributed by atoms with Crippen LogP contribution in [0.15, 0.2) is 24.3 Å². The smallest absolute Gasteiger partial charge is 0.220 e. The topological polar surface area (TPSA) is 58.2 Å². The van der Waals surface area contributed by atoms with Gasteiger partial charge in [0.2, 0.25) is 11.8 Å². The summed E-state index contributed by atoms with van der Waals surface area (Å²) in [5, 5.41) is 6.46. The second-order valence-corrected chi connectivity index (χ2v) is 6.31. The van der Waals surface area contributed by atoms with Gasteiger partial charge >= 0.3 is 0 Å². The van der Waals surface area contributed by atoms with E-state index in [4.69, 9.17) is 11.6 Å². The lowest BCUT2D eigenvalue weighted by molar-refractivity contribution is -0.123. The fraction of sp³-hybridized carbons (Fsp3) is 0.529. The minimum Gasteiger partial charge on any atom is -0.359 e. The van der Waals surface area contributed by atoms with E-state index < -0.39 is 0 Å². The van der Waals surface area contributed by atoms with Crippen molar-refractivity contribution >= 4 is 23.4 Å². The second kappa shape index (κ2) is 7.63. The predicted molar refractivity (Wildman–Crippen MR) is 87.7 cm³/mol. The zero-order valence-electron chi connectivity index (χ0n) is 13.0. The highest BCUT2D eigenvalue weighted by Gasteiger charge is 2.36. The lowest BCUT2D eigenvalue weighted by Crippen LogP contribution is -2.43. The van der Waals surface area contributed by atoms with Gasteiger partial charge in [-0.05, 0) is 37.0 Å². The van der Waals surface area contributed by atoms with Crippen LogP contribution in [0.4, 0.5) is 0 Å². The Balaban J connectivity index is 2.00. The van der Waals surface area contributed by atoms with Gasteiger partial charge in [0.05, 0.1) is 5.54 Å². The summed E-state index contributed by atoms with van der Waals surface area (Å²) in [6, 6.07) is 7.74. The number of hydrogen-bond acceptors (Lipinski definition) is 2. The normalized spacial score (nSPS) is 16.3. The highest BCUT2D eigenvalue weighted by Crippen LogP contribution is 2.39. The summed E-state index contributed by atoms with van der Waals surface area (Å²) >= 11 is 6.10. The van der Waals surface area contributed by atoms with E-state index in [1.165, 1.54) is 0 Å². The minimum atomic E-state index is -0.297. The lowest BCUT2D eigenvalue weighted by atomic mass is 9.88. The Hall–Kier alpha value is -1.55. The van der Waals surface area contributed by atoms with Crippen LogP contribution >= 0.6 is 11.6 Å². The van der Waals surface area contributed by atoms with Gasteiger partial charge in [-0.15, -0.1) is 0 Å². The molecule has 1 aromatic carbocycles. The fourth-order valence-electron chi connectivity index (χ4n) is 3.11. The number of hydrogen-bond donors (Lipinski definition) is 2. The van der Waals surface area contributed by atoms with Gasteiger partial charge in [0.15, 0.2) is 0 Å². The van der Waals surface area contributed by atoms with Crippen LogP contribution in [0.3, 0.4) is 0 Å². The molecule has 2 rings (SSSR count). The van der Waals surface area contributed by atoms with E-state index in [-0.39, 0.29) is 17.4 Å². The van der Waals surface area contributed by atoms with Crippen molar-refractivity contribution in [2.75, 3.05) is 7.05 Å². The Bertz CT molecular complexity index is 539. The maximum atomic E-state index is 12.3. The van der Waals surface area contributed by atoms with E-state index in [2.05, 4.69) is 10.6 Å². The van der Waals surface area contributed by atoms with Crippen LogP contribution in [-0.4, -0.2) is 18.9 Å². The molecule has 1 aromatic rings. The average molecular weight is 323 g/mol. The van der Waals surface area contributed by atoms with Gasteiger partial charge in [-0.1, -0.05) is 36.6 Å². The lowest BCUT2D eigenvalue weighted by Gasteiger charge is -2.31. The molecule has 0 radical (unpaired) electrons. The number of amides is 2. The highest BCUT2D eigenvalue weighted by atomic mass is 35.5. The summed E-state index contributed by atoms with van der Waals surface area (Å²) in [6.07, 6.45) is 5.40. The summed E-state index contributed by atoms with van der Waals surface area (Å²) in [5.41, 5.74) is 0.784. The maximum Gasteiger partial charge on any atom is 0.220 e. The largest absolute Gasteiger partial charge is 0.359 e. The molecule has 0 aromatic heterocycles. The van der Waals surface area contributed by atoms with Crippen molar-refractivity contribution in [2.45, 2.75) is 50.5 Å². The molecule has 22 heavy (non-hydrogen) atoms. The van der Waals surface area contributed by atoms with Crippen molar-refractivity contribution in [3.8, 4) is 0 Å². The SMILES string of the molecule is CNC(=O)CCCC(=O)NC1(c2cccc(Cl)c2)CCCC1. The Morgan fingerprint density at radius 1 is 1.18 bits per heavy atom. The summed E-state index contributed by atoms with van der Waals surface area (Å²) in [5.74, 6) is -0.0241. The molecule has 0 bridgehead atoms. The average Bonchev–Trinajstić information content (AvgIpc) is 2.96. The van der Waals surface area contributed by atoms with Crippen LogP contribution < -0.4 is 10.6 Å². The molecule has 1 aliphatic carbocycles. The molecular weight excluding hydrogens is 300 g/mol. The zero-order chi connectivity index (χ0) is 16.0. The monoisotopic (exact) mass is 322 g/mol. The summed E-state index contributed by atoms with van der Waals surface area (Å²) in [6.45, 7) is 0. The molecule has 0 unspecified atom stereocenters. The number of benzene rings is 1. The first kappa shape index (κ1) is 16.8. The Morgan fingerprint density at radius 2 is 1.86 bits per heavy atom. The van der Waals surface area contributed by atoms with Gasteiger partial charge in [0.25, 0.3) is 0 Å². The third-order valence-corrected chi connectivity index (χ3v) is 4.53. The molecule has 1 saturated carbocycles. The van der Waals surface area contributed by atoms with E-state index in [1.54, 1.807) is 7.05 Å². The van der Waals surface area contributed by atoms with E-state index in [1.807, 2.05) is 24.3 Å². The van der Waals surface area contributed by atoms with Gasteiger partial charge in [0, 0.05) is 24.9 Å². The molecule has 0 aliphatic heterocycles. The molecule has 0 atom stereocenters. The van der Waals surface area contributed by atoms with Crippen LogP contribution in [0.25, 0.3) is 0 Å². The zero-order valence-corrected chi connectivity index (χ0v) is 13.7. The van der Waals surface area contributed by atoms with Crippen molar-refractivity contribution in [2.24, 2.45) is 0 Å². The number of halogens is 1. The summed E-state index contributed by atoms with van der Waals surface area (Å²) in [4.78, 5) is 23.5. The van der Waals surface area contributed by atoms with Crippen LogP contribution in [0, 0.1) is 0 Å². The van der Waals surface area contributed by atoms with E-state index in [9.17, 15) is 9.59 Å². The van der Waals surface area contributed by atoms with Crippen LogP contribution in [-0.2, 0) is 15.1 Å². The Labute approximate surface area is 136 Å². The highest BCUT2D eigenvalue weighted by molar-refractivity contribution is 6.30. The van der Waals surface area contributed by atoms with Crippen LogP contribution in [0.5, 0.6) is 0 Å². The van der Waals surface area contributed by atoms with Gasteiger partial charge in [-0.2, -0.15) is 0 Å². The molecule has 1 aliphatic rings. The molecule has 2 amide bonds. The van der Waals surface area contributed by atoms with Gasteiger partial charge in [-0.25, -0.2) is 0 Å². The first-order chi connectivity index (χ1) is 10.6. The van der Waals surface area contributed by atoms with Crippen molar-refractivity contribution in [3.05, 3.63) is 34.9 Å². The van der Waals surface area contributed by atoms with Crippen LogP contribution in [0.1, 0.15) is 50.5 Å². The molecule has 5 heteroatoms. The van der Waals surface area contributed by atoms with E-state index in [0.29, 0.717) is 24.3 Å². The third kappa shape index (κ3) is 4.23. The number of carbonyl (C=O) groups is 2. The molecule has 0 saturated heterocycles. The van der Waals surface area contributed by atoms with Crippen molar-refractivity contribution in [1.29, 1.82) is 0 Å². The summed E-state index contributed by atoms with van der Waals surface area (Å²) in [7, 11) is 1.61. The summed E-state index contributed by atoms with van der Waals surface area (Å²) < 4.78 is 0. The number of carbonyl (C=O) groups excluding carboxylic acids is 2. The number of nitrogens with one attached hydrogen (secondary N) is 2. The van der Waals surface area contributed by atoms with Crippen molar-refractivity contribution < 1.29 is 9.59 Å². The maximum absolute atomic E-state index is 12.3. The molecule has 120 valence electrons. The first-order valence-corrected chi connectivity index (χ1v) is 8.21. The third-order valence-electron chi connectivity index (χ3n) is 4.30. The molecule has 4 nitrogen and oxygen atoms in total. The van der Waals surface area contributed by atoms with Crippen molar-refractivity contribution in [3.63, 3.8) is 0 Å². The predicted octanol–water partition coefficient (Wildman–Crippen LogP) is 3.14. The Morgan fingerprint density at radius 3 is 2.50 bits per heavy atom. The van der Waals surface area contributed by atoms with Crippen LogP contribution in [0.2, 0.25) is 5.02 Å². The van der Waals surface area contributed by atoms with E-state index >= 15 is 0 Å². The molecule has 2 N–H and O–H groups in total. The quantitative estimate of drug-likeness (QED) is 0.845. The Kier molecular flexibility index (Phi) is 5.83. The van der Waals surface area contributed by atoms with Gasteiger partial charge in [0.1, 0.15) is 0 Å². The standard InChI is InChI=1S/C17H23ClN2O2/c1-19-15(21)8-5-9-16(22)20-17(10-2-3-11-17)13-6-4-7-14(18)12-13/h4,6-7,12H,2-3,5,8-11H2,1H3,(H,19,21)(H,20,22). The van der Waals surface area contributed by atoms with Gasteiger partial charge < -0.3 is 10.6 Å². The second-order valence-electron chi connectivity index (χ2n) is 5.87. The van der Waals surface area contributed by atoms with Gasteiger partial charge in [-0.3, -0.25) is 9.59 Å². The first-order valence-electron chi connectivity index (χ1n) is 7.83. The number of rotatable bonds is 6. The van der Waals surface area contributed by atoms with E-state index in [0.717, 1.165) is 31.2 Å². The minimum absolute atomic E-state index is 0.00535. The molecule has 1 fully saturated rings. The molecule has 0 spiro atoms. The molecule has 0 heterocycles. The molecular formula is C17H23ClN2O2.